The number of nitrogens with zero attached hydrogens (tertiary/aromatic N) is 3. The zero-order valence-electron chi connectivity index (χ0n) is 18.2. The first-order chi connectivity index (χ1) is 13.9. The van der Waals surface area contributed by atoms with Crippen molar-refractivity contribution >= 4 is 41.5 Å². The Kier molecular flexibility index (Phi) is 9.43. The van der Waals surface area contributed by atoms with Crippen LogP contribution >= 0.6 is 35.6 Å². The molecule has 0 amide bonds. The van der Waals surface area contributed by atoms with E-state index >= 15 is 0 Å². The molecular weight excluding hydrogens is 513 g/mol. The Hall–Kier alpha value is -1.32. The molecule has 1 saturated heterocycles. The fourth-order valence-corrected chi connectivity index (χ4v) is 3.74. The van der Waals surface area contributed by atoms with E-state index in [1.807, 2.05) is 12.1 Å². The molecule has 0 spiro atoms. The van der Waals surface area contributed by atoms with Crippen molar-refractivity contribution in [1.29, 1.82) is 0 Å². The van der Waals surface area contributed by atoms with E-state index in [0.717, 1.165) is 36.4 Å². The predicted molar refractivity (Wildman–Crippen MR) is 134 cm³/mol. The van der Waals surface area contributed by atoms with Crippen molar-refractivity contribution < 1.29 is 4.42 Å². The van der Waals surface area contributed by atoms with Crippen molar-refractivity contribution in [3.05, 3.63) is 52.7 Å². The standard InChI is InChI=1S/C22H32ClN5O.HI/c1-22(2,3)19-14-25-20(29-19)15-27-21(24-4)26-13-18(28-10-5-6-11-28)16-8-7-9-17(23)12-16;/h7-9,12,14,18H,5-6,10-11,13,15H2,1-4H3,(H2,24,26,27);1H. The normalized spacial score (nSPS) is 16.2. The SMILES string of the molecule is CN=C(NCc1ncc(C(C)(C)C)o1)NCC(c1cccc(Cl)c1)N1CCCC1.I. The van der Waals surface area contributed by atoms with Gasteiger partial charge in [0, 0.05) is 24.0 Å². The van der Waals surface area contributed by atoms with Gasteiger partial charge in [-0.1, -0.05) is 44.5 Å². The third kappa shape index (κ3) is 6.85. The van der Waals surface area contributed by atoms with E-state index in [-0.39, 0.29) is 35.4 Å². The monoisotopic (exact) mass is 545 g/mol. The van der Waals surface area contributed by atoms with Crippen LogP contribution in [0.5, 0.6) is 0 Å². The van der Waals surface area contributed by atoms with Crippen LogP contribution in [0.1, 0.15) is 56.9 Å². The van der Waals surface area contributed by atoms with Gasteiger partial charge in [-0.3, -0.25) is 9.89 Å². The molecule has 1 fully saturated rings. The highest BCUT2D eigenvalue weighted by Gasteiger charge is 2.24. The first-order valence-electron chi connectivity index (χ1n) is 10.3. The van der Waals surface area contributed by atoms with Gasteiger partial charge >= 0.3 is 0 Å². The topological polar surface area (TPSA) is 65.7 Å². The molecule has 166 valence electrons. The van der Waals surface area contributed by atoms with Crippen LogP contribution in [0.15, 0.2) is 39.9 Å². The van der Waals surface area contributed by atoms with Crippen molar-refractivity contribution in [3.8, 4) is 0 Å². The summed E-state index contributed by atoms with van der Waals surface area (Å²) < 4.78 is 5.85. The van der Waals surface area contributed by atoms with E-state index in [1.165, 1.54) is 18.4 Å². The van der Waals surface area contributed by atoms with Crippen LogP contribution in [0.2, 0.25) is 5.02 Å². The van der Waals surface area contributed by atoms with Gasteiger partial charge in [-0.2, -0.15) is 0 Å². The number of guanidine groups is 1. The van der Waals surface area contributed by atoms with Gasteiger partial charge in [0.25, 0.3) is 0 Å². The third-order valence-electron chi connectivity index (χ3n) is 5.20. The summed E-state index contributed by atoms with van der Waals surface area (Å²) in [6.07, 6.45) is 4.28. The fourth-order valence-electron chi connectivity index (χ4n) is 3.54. The van der Waals surface area contributed by atoms with Crippen molar-refractivity contribution in [2.24, 2.45) is 4.99 Å². The van der Waals surface area contributed by atoms with Crippen molar-refractivity contribution in [2.45, 2.75) is 51.6 Å². The molecule has 1 aromatic carbocycles. The number of aromatic nitrogens is 1. The van der Waals surface area contributed by atoms with Crippen LogP contribution in [-0.4, -0.2) is 42.5 Å². The molecule has 0 aliphatic carbocycles. The predicted octanol–water partition coefficient (Wildman–Crippen LogP) is 4.75. The van der Waals surface area contributed by atoms with Crippen LogP contribution in [0.25, 0.3) is 0 Å². The summed E-state index contributed by atoms with van der Waals surface area (Å²) in [5, 5.41) is 7.52. The maximum absolute atomic E-state index is 6.24. The van der Waals surface area contributed by atoms with E-state index < -0.39 is 0 Å². The molecule has 1 aromatic heterocycles. The number of aliphatic imine (C=N–C) groups is 1. The average Bonchev–Trinajstić information content (AvgIpc) is 3.36. The summed E-state index contributed by atoms with van der Waals surface area (Å²) in [5.41, 5.74) is 1.18. The molecule has 2 aromatic rings. The quantitative estimate of drug-likeness (QED) is 0.312. The molecular formula is C22H33ClIN5O. The van der Waals surface area contributed by atoms with E-state index in [4.69, 9.17) is 16.0 Å². The van der Waals surface area contributed by atoms with Crippen LogP contribution in [0, 0.1) is 0 Å². The Bertz CT molecular complexity index is 827. The zero-order chi connectivity index (χ0) is 20.9. The van der Waals surface area contributed by atoms with Crippen LogP contribution in [-0.2, 0) is 12.0 Å². The largest absolute Gasteiger partial charge is 0.443 e. The van der Waals surface area contributed by atoms with E-state index in [9.17, 15) is 0 Å². The summed E-state index contributed by atoms with van der Waals surface area (Å²) in [6.45, 7) is 9.78. The Morgan fingerprint density at radius 1 is 1.27 bits per heavy atom. The number of nitrogens with one attached hydrogen (secondary N) is 2. The minimum absolute atomic E-state index is 0. The summed E-state index contributed by atoms with van der Waals surface area (Å²) in [4.78, 5) is 11.2. The van der Waals surface area contributed by atoms with Gasteiger partial charge in [-0.15, -0.1) is 24.0 Å². The molecule has 1 aliphatic rings. The highest BCUT2D eigenvalue weighted by atomic mass is 127. The van der Waals surface area contributed by atoms with Gasteiger partial charge in [0.05, 0.1) is 18.8 Å². The lowest BCUT2D eigenvalue weighted by molar-refractivity contribution is 0.245. The Morgan fingerprint density at radius 3 is 2.60 bits per heavy atom. The number of hydrogen-bond acceptors (Lipinski definition) is 4. The lowest BCUT2D eigenvalue weighted by Crippen LogP contribution is -2.42. The van der Waals surface area contributed by atoms with Gasteiger partial charge in [-0.05, 0) is 43.6 Å². The molecule has 2 heterocycles. The van der Waals surface area contributed by atoms with E-state index in [2.05, 4.69) is 58.4 Å². The van der Waals surface area contributed by atoms with Crippen LogP contribution in [0.3, 0.4) is 0 Å². The number of hydrogen-bond donors (Lipinski definition) is 2. The number of halogens is 2. The van der Waals surface area contributed by atoms with Crippen LogP contribution < -0.4 is 10.6 Å². The molecule has 1 aliphatic heterocycles. The highest BCUT2D eigenvalue weighted by molar-refractivity contribution is 14.0. The first kappa shape index (κ1) is 24.9. The molecule has 1 atom stereocenters. The fraction of sp³-hybridized carbons (Fsp3) is 0.545. The number of likely N-dealkylation sites (tertiary alicyclic amines) is 1. The summed E-state index contributed by atoms with van der Waals surface area (Å²) in [7, 11) is 1.77. The molecule has 30 heavy (non-hydrogen) atoms. The number of rotatable bonds is 6. The second-order valence-electron chi connectivity index (χ2n) is 8.49. The second kappa shape index (κ2) is 11.3. The lowest BCUT2D eigenvalue weighted by Gasteiger charge is -2.29. The third-order valence-corrected chi connectivity index (χ3v) is 5.44. The molecule has 2 N–H and O–H groups in total. The summed E-state index contributed by atoms with van der Waals surface area (Å²) >= 11 is 6.24. The maximum atomic E-state index is 6.24. The Balaban J connectivity index is 0.00000320. The molecule has 3 rings (SSSR count). The average molecular weight is 546 g/mol. The molecule has 6 nitrogen and oxygen atoms in total. The molecule has 8 heteroatoms. The molecule has 0 saturated carbocycles. The maximum Gasteiger partial charge on any atom is 0.213 e. The van der Waals surface area contributed by atoms with Crippen molar-refractivity contribution in [3.63, 3.8) is 0 Å². The summed E-state index contributed by atoms with van der Waals surface area (Å²) in [5.74, 6) is 2.27. The lowest BCUT2D eigenvalue weighted by atomic mass is 9.94. The smallest absolute Gasteiger partial charge is 0.213 e. The van der Waals surface area contributed by atoms with Crippen LogP contribution in [0.4, 0.5) is 0 Å². The number of benzene rings is 1. The molecule has 0 radical (unpaired) electrons. The van der Waals surface area contributed by atoms with Crippen molar-refractivity contribution in [1.82, 2.24) is 20.5 Å². The zero-order valence-corrected chi connectivity index (χ0v) is 21.3. The summed E-state index contributed by atoms with van der Waals surface area (Å²) in [6, 6.07) is 8.39. The van der Waals surface area contributed by atoms with Gasteiger partial charge in [0.15, 0.2) is 5.96 Å². The minimum Gasteiger partial charge on any atom is -0.443 e. The first-order valence-corrected chi connectivity index (χ1v) is 10.6. The van der Waals surface area contributed by atoms with Gasteiger partial charge in [-0.25, -0.2) is 4.98 Å². The molecule has 0 bridgehead atoms. The van der Waals surface area contributed by atoms with Gasteiger partial charge in [0.1, 0.15) is 5.76 Å². The van der Waals surface area contributed by atoms with E-state index in [1.54, 1.807) is 13.2 Å². The molecule has 1 unspecified atom stereocenters. The highest BCUT2D eigenvalue weighted by Crippen LogP contribution is 2.26. The minimum atomic E-state index is -0.0505. The second-order valence-corrected chi connectivity index (χ2v) is 8.93. The Labute approximate surface area is 201 Å². The van der Waals surface area contributed by atoms with Gasteiger partial charge in [0.2, 0.25) is 5.89 Å². The number of oxazole rings is 1. The van der Waals surface area contributed by atoms with Gasteiger partial charge < -0.3 is 15.1 Å². The van der Waals surface area contributed by atoms with Crippen molar-refractivity contribution in [2.75, 3.05) is 26.7 Å². The Morgan fingerprint density at radius 2 is 2.00 bits per heavy atom. The van der Waals surface area contributed by atoms with E-state index in [0.29, 0.717) is 12.4 Å².